The maximum Gasteiger partial charge on any atom is 0.280 e. The molecule has 7 nitrogen and oxygen atoms in total. The molecule has 0 spiro atoms. The van der Waals surface area contributed by atoms with Gasteiger partial charge in [-0.2, -0.15) is 5.26 Å². The van der Waals surface area contributed by atoms with Gasteiger partial charge in [0.2, 0.25) is 0 Å². The molecule has 1 aliphatic carbocycles. The van der Waals surface area contributed by atoms with Gasteiger partial charge in [-0.1, -0.05) is 25.1 Å². The Labute approximate surface area is 192 Å². The van der Waals surface area contributed by atoms with E-state index in [9.17, 15) is 15.4 Å². The molecular weight excluding hydrogens is 474 g/mol. The quantitative estimate of drug-likeness (QED) is 0.231. The highest BCUT2D eigenvalue weighted by molar-refractivity contribution is 9.10. The molecule has 2 aromatic heterocycles. The molecule has 0 saturated heterocycles. The summed E-state index contributed by atoms with van der Waals surface area (Å²) in [6, 6.07) is 14.7. The molecule has 0 radical (unpaired) electrons. The highest BCUT2D eigenvalue weighted by Gasteiger charge is 2.31. The van der Waals surface area contributed by atoms with Crippen LogP contribution in [0.15, 0.2) is 51.4 Å². The molecule has 1 saturated carbocycles. The predicted molar refractivity (Wildman–Crippen MR) is 123 cm³/mol. The molecule has 0 unspecified atom stereocenters. The summed E-state index contributed by atoms with van der Waals surface area (Å²) >= 11 is 3.59. The second-order valence-corrected chi connectivity index (χ2v) is 8.73. The SMILES string of the molecule is CCc1nc(C2CC2)c([14C]#N)n1Cc1ccc2oc(-c3ccccc3[N+](=O)[O-])c(Br)c2c1. The first-order valence-corrected chi connectivity index (χ1v) is 11.2. The van der Waals surface area contributed by atoms with E-state index in [0.717, 1.165) is 41.7 Å². The number of hydrogen-bond acceptors (Lipinski definition) is 5. The number of nitriles is 1. The average Bonchev–Trinajstić information content (AvgIpc) is 3.52. The van der Waals surface area contributed by atoms with Crippen LogP contribution in [0.5, 0.6) is 0 Å². The van der Waals surface area contributed by atoms with Crippen LogP contribution in [0.4, 0.5) is 5.69 Å². The van der Waals surface area contributed by atoms with Gasteiger partial charge in [-0.3, -0.25) is 10.1 Å². The number of benzene rings is 2. The Hall–Kier alpha value is -3.44. The van der Waals surface area contributed by atoms with Crippen LogP contribution in [-0.4, -0.2) is 14.5 Å². The summed E-state index contributed by atoms with van der Waals surface area (Å²) in [5.41, 5.74) is 3.62. The zero-order valence-corrected chi connectivity index (χ0v) is 18.9. The summed E-state index contributed by atoms with van der Waals surface area (Å²) < 4.78 is 8.67. The Kier molecular flexibility index (Phi) is 5.06. The van der Waals surface area contributed by atoms with Gasteiger partial charge in [-0.15, -0.1) is 0 Å². The third-order valence-electron chi connectivity index (χ3n) is 5.84. The lowest BCUT2D eigenvalue weighted by Crippen LogP contribution is -2.07. The fourth-order valence-corrected chi connectivity index (χ4v) is 4.72. The first-order chi connectivity index (χ1) is 15.5. The van der Waals surface area contributed by atoms with Crippen molar-refractivity contribution >= 4 is 32.6 Å². The Morgan fingerprint density at radius 3 is 2.78 bits per heavy atom. The summed E-state index contributed by atoms with van der Waals surface area (Å²) in [5.74, 6) is 1.75. The highest BCUT2D eigenvalue weighted by Crippen LogP contribution is 2.43. The lowest BCUT2D eigenvalue weighted by molar-refractivity contribution is -0.384. The molecule has 0 atom stereocenters. The van der Waals surface area contributed by atoms with E-state index in [1.807, 2.05) is 29.7 Å². The number of nitro benzene ring substituents is 1. The lowest BCUT2D eigenvalue weighted by Gasteiger charge is -2.08. The molecule has 0 bridgehead atoms. The summed E-state index contributed by atoms with van der Waals surface area (Å²) in [4.78, 5) is 15.8. The number of nitrogens with zero attached hydrogens (tertiary/aromatic N) is 4. The van der Waals surface area contributed by atoms with E-state index < -0.39 is 4.92 Å². The van der Waals surface area contributed by atoms with Crippen LogP contribution in [0.1, 0.15) is 48.5 Å². The molecule has 0 aliphatic heterocycles. The number of para-hydroxylation sites is 1. The van der Waals surface area contributed by atoms with Gasteiger partial charge in [-0.05, 0) is 52.5 Å². The summed E-state index contributed by atoms with van der Waals surface area (Å²) in [6.07, 6.45) is 2.94. The summed E-state index contributed by atoms with van der Waals surface area (Å²) in [7, 11) is 0. The molecule has 1 aliphatic rings. The largest absolute Gasteiger partial charge is 0.455 e. The molecular formula is C24H19BrN4O3. The van der Waals surface area contributed by atoms with E-state index in [0.29, 0.717) is 39.5 Å². The molecule has 2 heterocycles. The van der Waals surface area contributed by atoms with Crippen LogP contribution >= 0.6 is 15.9 Å². The molecule has 5 rings (SSSR count). The Bertz CT molecular complexity index is 1410. The molecule has 4 aromatic rings. The van der Waals surface area contributed by atoms with Gasteiger partial charge in [0, 0.05) is 23.8 Å². The van der Waals surface area contributed by atoms with Gasteiger partial charge < -0.3 is 8.98 Å². The maximum absolute atomic E-state index is 11.5. The van der Waals surface area contributed by atoms with E-state index in [1.54, 1.807) is 18.2 Å². The van der Waals surface area contributed by atoms with Crippen molar-refractivity contribution in [1.29, 1.82) is 5.26 Å². The van der Waals surface area contributed by atoms with Crippen LogP contribution in [0.3, 0.4) is 0 Å². The second kappa shape index (κ2) is 7.92. The Balaban J connectivity index is 1.57. The van der Waals surface area contributed by atoms with Gasteiger partial charge in [-0.25, -0.2) is 4.98 Å². The van der Waals surface area contributed by atoms with Gasteiger partial charge >= 0.3 is 0 Å². The van der Waals surface area contributed by atoms with Crippen LogP contribution in [0.25, 0.3) is 22.3 Å². The smallest absolute Gasteiger partial charge is 0.280 e. The number of aromatic nitrogens is 2. The standard InChI is InChI=1S/C24H19BrN4O3/c1-2-21-27-23(15-8-9-15)19(12-26)28(21)13-14-7-10-20-17(11-14)22(25)24(32-20)16-5-3-4-6-18(16)29(30)31/h3-7,10-11,15H,2,8-9,13H2,1H3/i12+2. The monoisotopic (exact) mass is 492 g/mol. The third-order valence-corrected chi connectivity index (χ3v) is 6.62. The van der Waals surface area contributed by atoms with Crippen molar-refractivity contribution in [3.05, 3.63) is 79.8 Å². The van der Waals surface area contributed by atoms with Gasteiger partial charge in [0.05, 0.1) is 27.2 Å². The van der Waals surface area contributed by atoms with Crippen LogP contribution < -0.4 is 0 Å². The third kappa shape index (κ3) is 3.39. The van der Waals surface area contributed by atoms with Crippen LogP contribution in [0, 0.1) is 21.4 Å². The number of nitro groups is 1. The molecule has 32 heavy (non-hydrogen) atoms. The van der Waals surface area contributed by atoms with E-state index in [2.05, 4.69) is 22.0 Å². The van der Waals surface area contributed by atoms with Crippen LogP contribution in [0.2, 0.25) is 0 Å². The van der Waals surface area contributed by atoms with Crippen molar-refractivity contribution in [1.82, 2.24) is 9.55 Å². The Morgan fingerprint density at radius 1 is 1.31 bits per heavy atom. The fraction of sp³-hybridized carbons (Fsp3) is 0.250. The first kappa shape index (κ1) is 20.5. The molecule has 0 N–H and O–H groups in total. The predicted octanol–water partition coefficient (Wildman–Crippen LogP) is 6.33. The van der Waals surface area contributed by atoms with E-state index >= 15 is 0 Å². The molecule has 8 heteroatoms. The fourth-order valence-electron chi connectivity index (χ4n) is 4.11. The van der Waals surface area contributed by atoms with E-state index in [-0.39, 0.29) is 5.69 Å². The van der Waals surface area contributed by atoms with Crippen molar-refractivity contribution < 1.29 is 9.34 Å². The second-order valence-electron chi connectivity index (χ2n) is 7.94. The van der Waals surface area contributed by atoms with Crippen LogP contribution in [-0.2, 0) is 13.0 Å². The van der Waals surface area contributed by atoms with Crippen molar-refractivity contribution in [2.45, 2.75) is 38.6 Å². The zero-order valence-electron chi connectivity index (χ0n) is 17.3. The average molecular weight is 493 g/mol. The zero-order chi connectivity index (χ0) is 22.4. The van der Waals surface area contributed by atoms with Gasteiger partial charge in [0.25, 0.3) is 5.69 Å². The van der Waals surface area contributed by atoms with Crippen molar-refractivity contribution in [3.8, 4) is 17.4 Å². The van der Waals surface area contributed by atoms with Crippen molar-refractivity contribution in [2.75, 3.05) is 0 Å². The number of halogens is 1. The topological polar surface area (TPSA) is 97.9 Å². The summed E-state index contributed by atoms with van der Waals surface area (Å²) in [6.45, 7) is 2.58. The normalized spacial score (nSPS) is 13.4. The number of imidazole rings is 1. The first-order valence-electron chi connectivity index (χ1n) is 10.5. The van der Waals surface area contributed by atoms with Gasteiger partial charge in [0.15, 0.2) is 5.76 Å². The summed E-state index contributed by atoms with van der Waals surface area (Å²) in [5, 5.41) is 22.1. The minimum Gasteiger partial charge on any atom is -0.455 e. The highest BCUT2D eigenvalue weighted by atomic mass is 79.9. The minimum absolute atomic E-state index is 0.00949. The number of rotatable bonds is 6. The lowest BCUT2D eigenvalue weighted by atomic mass is 10.1. The molecule has 160 valence electrons. The van der Waals surface area contributed by atoms with Crippen molar-refractivity contribution in [3.63, 3.8) is 0 Å². The molecule has 2 aromatic carbocycles. The number of furan rings is 1. The van der Waals surface area contributed by atoms with E-state index in [4.69, 9.17) is 9.40 Å². The molecule has 0 amide bonds. The number of aryl methyl sites for hydroxylation is 1. The minimum atomic E-state index is -0.410. The number of fused-ring (bicyclic) bond motifs is 1. The van der Waals surface area contributed by atoms with Crippen molar-refractivity contribution in [2.24, 2.45) is 0 Å². The molecule has 1 fully saturated rings. The van der Waals surface area contributed by atoms with E-state index in [1.165, 1.54) is 6.07 Å². The van der Waals surface area contributed by atoms with Gasteiger partial charge in [0.1, 0.15) is 23.2 Å². The number of hydrogen-bond donors (Lipinski definition) is 0. The maximum atomic E-state index is 11.5. The Morgan fingerprint density at radius 2 is 2.09 bits per heavy atom.